The molecule has 2 N–H and O–H groups in total. The average molecular weight is 232 g/mol. The molecule has 3 nitrogen and oxygen atoms in total. The Hall–Kier alpha value is -1.35. The molecule has 2 unspecified atom stereocenters. The molecule has 0 aromatic heterocycles. The van der Waals surface area contributed by atoms with E-state index in [0.717, 1.165) is 12.8 Å². The monoisotopic (exact) mass is 232 g/mol. The number of rotatable bonds is 4. The van der Waals surface area contributed by atoms with Gasteiger partial charge < -0.3 is 10.6 Å². The fourth-order valence-corrected chi connectivity index (χ4v) is 2.46. The van der Waals surface area contributed by atoms with Gasteiger partial charge in [-0.05, 0) is 18.4 Å². The molecule has 0 saturated carbocycles. The highest BCUT2D eigenvalue weighted by Gasteiger charge is 2.33. The normalized spacial score (nSPS) is 21.9. The van der Waals surface area contributed by atoms with Crippen LogP contribution in [0.3, 0.4) is 0 Å². The van der Waals surface area contributed by atoms with E-state index in [4.69, 9.17) is 5.73 Å². The molecule has 1 saturated heterocycles. The Morgan fingerprint density at radius 2 is 2.12 bits per heavy atom. The number of hydrogen-bond acceptors (Lipinski definition) is 2. The number of amides is 1. The molecule has 0 bridgehead atoms. The summed E-state index contributed by atoms with van der Waals surface area (Å²) in [5, 5.41) is 0. The van der Waals surface area contributed by atoms with E-state index in [-0.39, 0.29) is 18.0 Å². The first-order valence-electron chi connectivity index (χ1n) is 6.31. The topological polar surface area (TPSA) is 46.3 Å². The van der Waals surface area contributed by atoms with Gasteiger partial charge in [0.25, 0.3) is 0 Å². The first-order chi connectivity index (χ1) is 8.22. The molecule has 92 valence electrons. The molecule has 17 heavy (non-hydrogen) atoms. The molecule has 2 atom stereocenters. The highest BCUT2D eigenvalue weighted by atomic mass is 16.2. The number of carbonyl (C=O) groups excluding carboxylic acids is 1. The van der Waals surface area contributed by atoms with Crippen LogP contribution in [-0.4, -0.2) is 22.9 Å². The van der Waals surface area contributed by atoms with Crippen LogP contribution in [0.4, 0.5) is 0 Å². The summed E-state index contributed by atoms with van der Waals surface area (Å²) in [5.41, 5.74) is 7.27. The van der Waals surface area contributed by atoms with Gasteiger partial charge in [-0.2, -0.15) is 0 Å². The molecule has 2 rings (SSSR count). The maximum atomic E-state index is 11.9. The van der Waals surface area contributed by atoms with E-state index in [2.05, 4.69) is 19.1 Å². The van der Waals surface area contributed by atoms with Gasteiger partial charge in [0, 0.05) is 25.0 Å². The van der Waals surface area contributed by atoms with Crippen molar-refractivity contribution in [3.63, 3.8) is 0 Å². The Balaban J connectivity index is 2.09. The van der Waals surface area contributed by atoms with Gasteiger partial charge in [0.2, 0.25) is 5.91 Å². The van der Waals surface area contributed by atoms with E-state index < -0.39 is 0 Å². The molecule has 1 amide bonds. The summed E-state index contributed by atoms with van der Waals surface area (Å²) in [6.45, 7) is 2.77. The minimum Gasteiger partial charge on any atom is -0.334 e. The third kappa shape index (κ3) is 2.67. The molecule has 1 heterocycles. The zero-order chi connectivity index (χ0) is 12.3. The molecular formula is C14H20N2O. The molecule has 1 aliphatic heterocycles. The zero-order valence-electron chi connectivity index (χ0n) is 10.3. The summed E-state index contributed by atoms with van der Waals surface area (Å²) >= 11 is 0. The predicted octanol–water partition coefficient (Wildman–Crippen LogP) is 1.91. The van der Waals surface area contributed by atoms with E-state index in [1.807, 2.05) is 23.1 Å². The maximum Gasteiger partial charge on any atom is 0.223 e. The fourth-order valence-electron chi connectivity index (χ4n) is 2.46. The number of nitrogens with zero attached hydrogens (tertiary/aromatic N) is 1. The van der Waals surface area contributed by atoms with Crippen LogP contribution in [0.2, 0.25) is 0 Å². The van der Waals surface area contributed by atoms with Crippen LogP contribution in [0.15, 0.2) is 30.3 Å². The van der Waals surface area contributed by atoms with E-state index in [0.29, 0.717) is 13.0 Å². The average Bonchev–Trinajstić information content (AvgIpc) is 2.72. The molecule has 0 radical (unpaired) electrons. The van der Waals surface area contributed by atoms with Crippen LogP contribution in [0.25, 0.3) is 0 Å². The van der Waals surface area contributed by atoms with Gasteiger partial charge in [-0.15, -0.1) is 0 Å². The smallest absolute Gasteiger partial charge is 0.223 e. The molecule has 1 aromatic rings. The molecule has 1 fully saturated rings. The lowest BCUT2D eigenvalue weighted by Crippen LogP contribution is -2.44. The van der Waals surface area contributed by atoms with Crippen molar-refractivity contribution >= 4 is 5.91 Å². The van der Waals surface area contributed by atoms with Crippen LogP contribution in [0, 0.1) is 0 Å². The Kier molecular flexibility index (Phi) is 3.79. The number of nitrogens with two attached hydrogens (primary N) is 1. The maximum absolute atomic E-state index is 11.9. The lowest BCUT2D eigenvalue weighted by Gasteiger charge is -2.29. The summed E-state index contributed by atoms with van der Waals surface area (Å²) < 4.78 is 0. The Bertz CT molecular complexity index is 377. The van der Waals surface area contributed by atoms with Gasteiger partial charge in [-0.3, -0.25) is 4.79 Å². The highest BCUT2D eigenvalue weighted by Crippen LogP contribution is 2.24. The minimum atomic E-state index is 0.102. The van der Waals surface area contributed by atoms with E-state index in [9.17, 15) is 4.79 Å². The van der Waals surface area contributed by atoms with Crippen molar-refractivity contribution in [2.45, 2.75) is 44.8 Å². The molecule has 0 spiro atoms. The van der Waals surface area contributed by atoms with Crippen LogP contribution in [0.1, 0.15) is 31.7 Å². The molecule has 0 aliphatic carbocycles. The summed E-state index contributed by atoms with van der Waals surface area (Å²) in [5.74, 6) is 0.239. The van der Waals surface area contributed by atoms with Crippen LogP contribution >= 0.6 is 0 Å². The zero-order valence-corrected chi connectivity index (χ0v) is 10.3. The standard InChI is InChI=1S/C14H20N2O/c1-2-12(15)13-8-9-14(17)16(13)10-11-6-4-3-5-7-11/h3-7,12-13H,2,8-10,15H2,1H3. The van der Waals surface area contributed by atoms with Crippen molar-refractivity contribution in [3.05, 3.63) is 35.9 Å². The summed E-state index contributed by atoms with van der Waals surface area (Å²) in [4.78, 5) is 13.8. The number of benzene rings is 1. The van der Waals surface area contributed by atoms with Crippen molar-refractivity contribution in [2.24, 2.45) is 5.73 Å². The van der Waals surface area contributed by atoms with Crippen LogP contribution in [-0.2, 0) is 11.3 Å². The minimum absolute atomic E-state index is 0.102. The summed E-state index contributed by atoms with van der Waals surface area (Å²) in [6.07, 6.45) is 2.47. The van der Waals surface area contributed by atoms with Gasteiger partial charge in [-0.25, -0.2) is 0 Å². The van der Waals surface area contributed by atoms with Crippen molar-refractivity contribution in [1.29, 1.82) is 0 Å². The first kappa shape index (κ1) is 12.1. The Labute approximate surface area is 103 Å². The molecule has 3 heteroatoms. The number of hydrogen-bond donors (Lipinski definition) is 1. The fraction of sp³-hybridized carbons (Fsp3) is 0.500. The summed E-state index contributed by atoms with van der Waals surface area (Å²) in [7, 11) is 0. The highest BCUT2D eigenvalue weighted by molar-refractivity contribution is 5.78. The van der Waals surface area contributed by atoms with E-state index >= 15 is 0 Å². The molecule has 1 aliphatic rings. The third-order valence-corrected chi connectivity index (χ3v) is 3.54. The van der Waals surface area contributed by atoms with Crippen molar-refractivity contribution < 1.29 is 4.79 Å². The third-order valence-electron chi connectivity index (χ3n) is 3.54. The van der Waals surface area contributed by atoms with Gasteiger partial charge in [0.15, 0.2) is 0 Å². The largest absolute Gasteiger partial charge is 0.334 e. The lowest BCUT2D eigenvalue weighted by atomic mass is 10.0. The van der Waals surface area contributed by atoms with Crippen LogP contribution in [0.5, 0.6) is 0 Å². The van der Waals surface area contributed by atoms with E-state index in [1.54, 1.807) is 0 Å². The second-order valence-corrected chi connectivity index (χ2v) is 4.69. The van der Waals surface area contributed by atoms with Crippen LogP contribution < -0.4 is 5.73 Å². The predicted molar refractivity (Wildman–Crippen MR) is 68.3 cm³/mol. The quantitative estimate of drug-likeness (QED) is 0.862. The lowest BCUT2D eigenvalue weighted by molar-refractivity contribution is -0.129. The van der Waals surface area contributed by atoms with E-state index in [1.165, 1.54) is 5.56 Å². The first-order valence-corrected chi connectivity index (χ1v) is 6.31. The SMILES string of the molecule is CCC(N)C1CCC(=O)N1Cc1ccccc1. The van der Waals surface area contributed by atoms with Gasteiger partial charge in [0.1, 0.15) is 0 Å². The van der Waals surface area contributed by atoms with Gasteiger partial charge in [-0.1, -0.05) is 37.3 Å². The van der Waals surface area contributed by atoms with Crippen molar-refractivity contribution in [1.82, 2.24) is 4.90 Å². The summed E-state index contributed by atoms with van der Waals surface area (Å²) in [6, 6.07) is 10.4. The van der Waals surface area contributed by atoms with Gasteiger partial charge >= 0.3 is 0 Å². The Morgan fingerprint density at radius 1 is 1.41 bits per heavy atom. The van der Waals surface area contributed by atoms with Crippen molar-refractivity contribution in [2.75, 3.05) is 0 Å². The van der Waals surface area contributed by atoms with Crippen molar-refractivity contribution in [3.8, 4) is 0 Å². The molecular weight excluding hydrogens is 212 g/mol. The second-order valence-electron chi connectivity index (χ2n) is 4.69. The second kappa shape index (κ2) is 5.32. The molecule has 1 aromatic carbocycles. The van der Waals surface area contributed by atoms with Gasteiger partial charge in [0.05, 0.1) is 0 Å². The number of likely N-dealkylation sites (tertiary alicyclic amines) is 1. The number of carbonyl (C=O) groups is 1. The Morgan fingerprint density at radius 3 is 2.76 bits per heavy atom.